The van der Waals surface area contributed by atoms with Gasteiger partial charge in [0.2, 0.25) is 0 Å². The van der Waals surface area contributed by atoms with Gasteiger partial charge in [-0.15, -0.1) is 0 Å². The van der Waals surface area contributed by atoms with Crippen LogP contribution in [0.25, 0.3) is 0 Å². The van der Waals surface area contributed by atoms with Gasteiger partial charge in [-0.2, -0.15) is 11.8 Å². The SMILES string of the molecule is COC1(CN=C(N)N2CCSCC2)CCOCC1. The Morgan fingerprint density at radius 1 is 1.39 bits per heavy atom. The fourth-order valence-electron chi connectivity index (χ4n) is 2.29. The number of rotatable bonds is 3. The molecule has 2 saturated heterocycles. The summed E-state index contributed by atoms with van der Waals surface area (Å²) in [5.41, 5.74) is 5.89. The van der Waals surface area contributed by atoms with Gasteiger partial charge in [0.15, 0.2) is 5.96 Å². The third kappa shape index (κ3) is 3.52. The van der Waals surface area contributed by atoms with Crippen LogP contribution in [0.4, 0.5) is 0 Å². The first-order chi connectivity index (χ1) is 8.76. The Kier molecular flexibility index (Phi) is 5.14. The molecule has 0 radical (unpaired) electrons. The maximum atomic E-state index is 6.06. The van der Waals surface area contributed by atoms with E-state index in [4.69, 9.17) is 15.2 Å². The summed E-state index contributed by atoms with van der Waals surface area (Å²) >= 11 is 1.97. The number of nitrogens with zero attached hydrogens (tertiary/aromatic N) is 2. The van der Waals surface area contributed by atoms with Gasteiger partial charge < -0.3 is 20.1 Å². The average Bonchev–Trinajstić information content (AvgIpc) is 2.47. The molecule has 2 aliphatic heterocycles. The molecule has 2 aliphatic rings. The van der Waals surface area contributed by atoms with Crippen LogP contribution in [0.2, 0.25) is 0 Å². The van der Waals surface area contributed by atoms with Crippen molar-refractivity contribution in [3.8, 4) is 0 Å². The lowest BCUT2D eigenvalue weighted by Crippen LogP contribution is -2.45. The molecule has 0 aromatic heterocycles. The Morgan fingerprint density at radius 3 is 2.67 bits per heavy atom. The highest BCUT2D eigenvalue weighted by Gasteiger charge is 2.32. The number of nitrogens with two attached hydrogens (primary N) is 1. The van der Waals surface area contributed by atoms with Gasteiger partial charge in [-0.05, 0) is 0 Å². The second-order valence-electron chi connectivity index (χ2n) is 4.77. The Morgan fingerprint density at radius 2 is 2.06 bits per heavy atom. The second kappa shape index (κ2) is 6.63. The van der Waals surface area contributed by atoms with Crippen molar-refractivity contribution in [3.05, 3.63) is 0 Å². The third-order valence-corrected chi connectivity index (χ3v) is 4.64. The monoisotopic (exact) mass is 273 g/mol. The van der Waals surface area contributed by atoms with Crippen LogP contribution in [0.1, 0.15) is 12.8 Å². The van der Waals surface area contributed by atoms with Gasteiger partial charge in [0.05, 0.1) is 12.1 Å². The van der Waals surface area contributed by atoms with E-state index in [0.29, 0.717) is 12.5 Å². The van der Waals surface area contributed by atoms with E-state index in [1.54, 1.807) is 7.11 Å². The number of hydrogen-bond acceptors (Lipinski definition) is 4. The zero-order valence-electron chi connectivity index (χ0n) is 11.1. The summed E-state index contributed by atoms with van der Waals surface area (Å²) in [6.45, 7) is 4.15. The number of aliphatic imine (C=N–C) groups is 1. The Labute approximate surface area is 113 Å². The van der Waals surface area contributed by atoms with Crippen LogP contribution in [0.15, 0.2) is 4.99 Å². The first-order valence-corrected chi connectivity index (χ1v) is 7.67. The molecule has 2 N–H and O–H groups in total. The van der Waals surface area contributed by atoms with Crippen molar-refractivity contribution < 1.29 is 9.47 Å². The maximum absolute atomic E-state index is 6.06. The van der Waals surface area contributed by atoms with Crippen molar-refractivity contribution >= 4 is 17.7 Å². The van der Waals surface area contributed by atoms with Crippen molar-refractivity contribution in [1.82, 2.24) is 4.90 Å². The van der Waals surface area contributed by atoms with E-state index in [-0.39, 0.29) is 5.60 Å². The number of methoxy groups -OCH3 is 1. The van der Waals surface area contributed by atoms with E-state index in [1.165, 1.54) is 0 Å². The van der Waals surface area contributed by atoms with Crippen LogP contribution >= 0.6 is 11.8 Å². The predicted octanol–water partition coefficient (Wildman–Crippen LogP) is 0.546. The second-order valence-corrected chi connectivity index (χ2v) is 6.00. The summed E-state index contributed by atoms with van der Waals surface area (Å²) in [4.78, 5) is 6.71. The molecule has 104 valence electrons. The van der Waals surface area contributed by atoms with Gasteiger partial charge in [0, 0.05) is 57.8 Å². The van der Waals surface area contributed by atoms with Gasteiger partial charge in [0.1, 0.15) is 0 Å². The predicted molar refractivity (Wildman–Crippen MR) is 75.2 cm³/mol. The minimum absolute atomic E-state index is 0.173. The van der Waals surface area contributed by atoms with Gasteiger partial charge in [0.25, 0.3) is 0 Å². The van der Waals surface area contributed by atoms with Crippen LogP contribution < -0.4 is 5.73 Å². The van der Waals surface area contributed by atoms with Crippen molar-refractivity contribution in [1.29, 1.82) is 0 Å². The van der Waals surface area contributed by atoms with Crippen molar-refractivity contribution in [2.75, 3.05) is 51.5 Å². The normalized spacial score (nSPS) is 25.2. The lowest BCUT2D eigenvalue weighted by molar-refractivity contribution is -0.0829. The molecule has 0 bridgehead atoms. The Hall–Kier alpha value is -0.460. The topological polar surface area (TPSA) is 60.1 Å². The maximum Gasteiger partial charge on any atom is 0.191 e. The quantitative estimate of drug-likeness (QED) is 0.601. The van der Waals surface area contributed by atoms with E-state index in [0.717, 1.165) is 50.7 Å². The molecule has 0 amide bonds. The fraction of sp³-hybridized carbons (Fsp3) is 0.917. The molecule has 18 heavy (non-hydrogen) atoms. The summed E-state index contributed by atoms with van der Waals surface area (Å²) in [6, 6.07) is 0. The summed E-state index contributed by atoms with van der Waals surface area (Å²) < 4.78 is 11.0. The zero-order valence-corrected chi connectivity index (χ0v) is 11.9. The molecule has 0 aromatic carbocycles. The first kappa shape index (κ1) is 14.0. The molecule has 0 spiro atoms. The minimum Gasteiger partial charge on any atom is -0.381 e. The van der Waals surface area contributed by atoms with Gasteiger partial charge in [-0.25, -0.2) is 0 Å². The molecule has 0 aromatic rings. The highest BCUT2D eigenvalue weighted by atomic mass is 32.2. The van der Waals surface area contributed by atoms with Gasteiger partial charge in [-0.1, -0.05) is 0 Å². The number of guanidine groups is 1. The van der Waals surface area contributed by atoms with Crippen molar-refractivity contribution in [2.45, 2.75) is 18.4 Å². The molecular formula is C12H23N3O2S. The average molecular weight is 273 g/mol. The van der Waals surface area contributed by atoms with E-state index in [2.05, 4.69) is 9.89 Å². The molecule has 5 nitrogen and oxygen atoms in total. The molecular weight excluding hydrogens is 250 g/mol. The molecule has 0 atom stereocenters. The zero-order chi connectivity index (χ0) is 12.8. The van der Waals surface area contributed by atoms with E-state index < -0.39 is 0 Å². The summed E-state index contributed by atoms with van der Waals surface area (Å²) in [5, 5.41) is 0. The lowest BCUT2D eigenvalue weighted by atomic mass is 9.94. The number of ether oxygens (including phenoxy) is 2. The Bertz CT molecular complexity index is 287. The van der Waals surface area contributed by atoms with Crippen LogP contribution in [0.3, 0.4) is 0 Å². The van der Waals surface area contributed by atoms with E-state index in [1.807, 2.05) is 11.8 Å². The van der Waals surface area contributed by atoms with Crippen molar-refractivity contribution in [2.24, 2.45) is 10.7 Å². The molecule has 0 saturated carbocycles. The summed E-state index contributed by atoms with van der Waals surface area (Å²) in [7, 11) is 1.76. The smallest absolute Gasteiger partial charge is 0.191 e. The molecule has 0 unspecified atom stereocenters. The van der Waals surface area contributed by atoms with E-state index in [9.17, 15) is 0 Å². The Balaban J connectivity index is 1.90. The molecule has 2 fully saturated rings. The summed E-state index contributed by atoms with van der Waals surface area (Å²) in [6.07, 6.45) is 1.80. The van der Waals surface area contributed by atoms with Gasteiger partial charge >= 0.3 is 0 Å². The van der Waals surface area contributed by atoms with Crippen LogP contribution in [0, 0.1) is 0 Å². The lowest BCUT2D eigenvalue weighted by Gasteiger charge is -2.35. The van der Waals surface area contributed by atoms with E-state index >= 15 is 0 Å². The van der Waals surface area contributed by atoms with Crippen LogP contribution in [0.5, 0.6) is 0 Å². The molecule has 0 aliphatic carbocycles. The highest BCUT2D eigenvalue weighted by molar-refractivity contribution is 7.99. The molecule has 2 heterocycles. The molecule has 2 rings (SSSR count). The molecule has 6 heteroatoms. The first-order valence-electron chi connectivity index (χ1n) is 6.51. The standard InChI is InChI=1S/C12H23N3O2S/c1-16-12(2-6-17-7-3-12)10-14-11(13)15-4-8-18-9-5-15/h2-10H2,1H3,(H2,13,14). The fourth-order valence-corrected chi connectivity index (χ4v) is 3.19. The van der Waals surface area contributed by atoms with Crippen molar-refractivity contribution in [3.63, 3.8) is 0 Å². The van der Waals surface area contributed by atoms with Crippen LogP contribution in [-0.4, -0.2) is 67.9 Å². The largest absolute Gasteiger partial charge is 0.381 e. The third-order valence-electron chi connectivity index (χ3n) is 3.70. The van der Waals surface area contributed by atoms with Crippen LogP contribution in [-0.2, 0) is 9.47 Å². The minimum atomic E-state index is -0.173. The summed E-state index contributed by atoms with van der Waals surface area (Å²) in [5.74, 6) is 2.94. The number of thioether (sulfide) groups is 1. The number of hydrogen-bond donors (Lipinski definition) is 1. The van der Waals surface area contributed by atoms with Gasteiger partial charge in [-0.3, -0.25) is 4.99 Å². The highest BCUT2D eigenvalue weighted by Crippen LogP contribution is 2.24.